The van der Waals surface area contributed by atoms with Crippen molar-refractivity contribution in [3.63, 3.8) is 0 Å². The van der Waals surface area contributed by atoms with Gasteiger partial charge in [0.1, 0.15) is 10.8 Å². The zero-order valence-electron chi connectivity index (χ0n) is 10.1. The molecule has 0 saturated heterocycles. The van der Waals surface area contributed by atoms with E-state index in [1.165, 1.54) is 23.9 Å². The average molecular weight is 322 g/mol. The first-order valence-corrected chi connectivity index (χ1v) is 7.34. The molecule has 1 heterocycles. The molecule has 20 heavy (non-hydrogen) atoms. The summed E-state index contributed by atoms with van der Waals surface area (Å²) in [7, 11) is 0. The molecule has 0 bridgehead atoms. The second-order valence-electron chi connectivity index (χ2n) is 3.82. The molecule has 2 aromatic rings. The highest BCUT2D eigenvalue weighted by atomic mass is 32.2. The monoisotopic (exact) mass is 322 g/mol. The van der Waals surface area contributed by atoms with Crippen molar-refractivity contribution >= 4 is 23.1 Å². The Balaban J connectivity index is 2.10. The van der Waals surface area contributed by atoms with Crippen molar-refractivity contribution in [2.24, 2.45) is 5.73 Å². The largest absolute Gasteiger partial charge is 0.434 e. The Hall–Kier alpha value is -1.12. The fourth-order valence-electron chi connectivity index (χ4n) is 1.50. The lowest BCUT2D eigenvalue weighted by Gasteiger charge is -2.03. The second kappa shape index (κ2) is 6.11. The van der Waals surface area contributed by atoms with Gasteiger partial charge in [-0.05, 0) is 24.3 Å². The molecule has 0 unspecified atom stereocenters. The first-order chi connectivity index (χ1) is 9.40. The first-order valence-electron chi connectivity index (χ1n) is 5.54. The topological polar surface area (TPSA) is 38.9 Å². The SMILES string of the molecule is NCc1sc(CSc2ccc(F)cc2)nc1C(F)(F)F. The minimum atomic E-state index is -4.48. The summed E-state index contributed by atoms with van der Waals surface area (Å²) in [5.41, 5.74) is 4.40. The van der Waals surface area contributed by atoms with E-state index >= 15 is 0 Å². The fraction of sp³-hybridized carbons (Fsp3) is 0.250. The zero-order chi connectivity index (χ0) is 14.8. The normalized spacial score (nSPS) is 11.8. The number of aromatic nitrogens is 1. The van der Waals surface area contributed by atoms with Crippen LogP contribution < -0.4 is 5.73 Å². The summed E-state index contributed by atoms with van der Waals surface area (Å²) in [6, 6.07) is 5.75. The van der Waals surface area contributed by atoms with Crippen molar-refractivity contribution in [3.8, 4) is 0 Å². The van der Waals surface area contributed by atoms with Gasteiger partial charge in [0, 0.05) is 11.4 Å². The predicted molar refractivity (Wildman–Crippen MR) is 71.0 cm³/mol. The van der Waals surface area contributed by atoms with Crippen molar-refractivity contribution < 1.29 is 17.6 Å². The van der Waals surface area contributed by atoms with Gasteiger partial charge in [0.05, 0.1) is 10.6 Å². The summed E-state index contributed by atoms with van der Waals surface area (Å²) in [6.45, 7) is -0.187. The van der Waals surface area contributed by atoms with Gasteiger partial charge in [-0.2, -0.15) is 13.2 Å². The third-order valence-electron chi connectivity index (χ3n) is 2.37. The summed E-state index contributed by atoms with van der Waals surface area (Å²) in [6.07, 6.45) is -4.48. The van der Waals surface area contributed by atoms with Gasteiger partial charge in [-0.25, -0.2) is 9.37 Å². The van der Waals surface area contributed by atoms with Crippen LogP contribution in [0, 0.1) is 5.82 Å². The van der Waals surface area contributed by atoms with Gasteiger partial charge in [-0.1, -0.05) is 0 Å². The van der Waals surface area contributed by atoms with Crippen molar-refractivity contribution in [3.05, 3.63) is 45.7 Å². The number of nitrogens with zero attached hydrogens (tertiary/aromatic N) is 1. The van der Waals surface area contributed by atoms with Crippen LogP contribution >= 0.6 is 23.1 Å². The molecule has 0 saturated carbocycles. The molecule has 0 amide bonds. The highest BCUT2D eigenvalue weighted by Crippen LogP contribution is 2.35. The third kappa shape index (κ3) is 3.71. The maximum atomic E-state index is 12.7. The number of alkyl halides is 3. The van der Waals surface area contributed by atoms with E-state index in [0.717, 1.165) is 16.2 Å². The summed E-state index contributed by atoms with van der Waals surface area (Å²) >= 11 is 2.26. The number of benzene rings is 1. The highest BCUT2D eigenvalue weighted by Gasteiger charge is 2.36. The van der Waals surface area contributed by atoms with Gasteiger partial charge in [0.2, 0.25) is 0 Å². The molecule has 1 aromatic heterocycles. The lowest BCUT2D eigenvalue weighted by Crippen LogP contribution is -2.10. The van der Waals surface area contributed by atoms with Crippen LogP contribution in [-0.2, 0) is 18.5 Å². The quantitative estimate of drug-likeness (QED) is 0.682. The summed E-state index contributed by atoms with van der Waals surface area (Å²) < 4.78 is 50.8. The summed E-state index contributed by atoms with van der Waals surface area (Å²) in [5, 5.41) is 0.354. The molecule has 8 heteroatoms. The van der Waals surface area contributed by atoms with E-state index in [-0.39, 0.29) is 17.2 Å². The van der Waals surface area contributed by atoms with Gasteiger partial charge in [0.15, 0.2) is 5.69 Å². The zero-order valence-corrected chi connectivity index (χ0v) is 11.7. The third-order valence-corrected chi connectivity index (χ3v) is 4.66. The molecule has 2 N–H and O–H groups in total. The standard InChI is InChI=1S/C12H10F4N2S2/c13-7-1-3-8(4-2-7)19-6-10-18-11(12(14,15)16)9(5-17)20-10/h1-4H,5-6,17H2. The maximum Gasteiger partial charge on any atom is 0.434 e. The molecule has 0 fully saturated rings. The number of thiazole rings is 1. The first kappa shape index (κ1) is 15.3. The Morgan fingerprint density at radius 1 is 1.20 bits per heavy atom. The minimum Gasteiger partial charge on any atom is -0.326 e. The lowest BCUT2D eigenvalue weighted by atomic mass is 10.3. The molecule has 108 valence electrons. The smallest absolute Gasteiger partial charge is 0.326 e. The van der Waals surface area contributed by atoms with Crippen LogP contribution in [-0.4, -0.2) is 4.98 Å². The van der Waals surface area contributed by atoms with E-state index in [1.54, 1.807) is 12.1 Å². The Labute approximate surface area is 121 Å². The Kier molecular flexibility index (Phi) is 4.66. The van der Waals surface area contributed by atoms with E-state index in [2.05, 4.69) is 4.98 Å². The van der Waals surface area contributed by atoms with Crippen molar-refractivity contribution in [1.29, 1.82) is 0 Å². The molecule has 2 nitrogen and oxygen atoms in total. The fourth-order valence-corrected chi connectivity index (χ4v) is 3.36. The van der Waals surface area contributed by atoms with Gasteiger partial charge >= 0.3 is 6.18 Å². The number of halogens is 4. The summed E-state index contributed by atoms with van der Waals surface area (Å²) in [4.78, 5) is 4.41. The van der Waals surface area contributed by atoms with Crippen molar-refractivity contribution in [2.75, 3.05) is 0 Å². The molecule has 0 radical (unpaired) electrons. The van der Waals surface area contributed by atoms with Gasteiger partial charge < -0.3 is 5.73 Å². The van der Waals surface area contributed by atoms with E-state index in [4.69, 9.17) is 5.73 Å². The van der Waals surface area contributed by atoms with Crippen LogP contribution in [0.4, 0.5) is 17.6 Å². The van der Waals surface area contributed by atoms with Crippen molar-refractivity contribution in [1.82, 2.24) is 4.98 Å². The second-order valence-corrected chi connectivity index (χ2v) is 6.04. The Bertz CT molecular complexity index is 578. The molecular weight excluding hydrogens is 312 g/mol. The van der Waals surface area contributed by atoms with Crippen LogP contribution in [0.5, 0.6) is 0 Å². The van der Waals surface area contributed by atoms with Crippen LogP contribution in [0.3, 0.4) is 0 Å². The molecule has 0 spiro atoms. The molecule has 0 aliphatic carbocycles. The van der Waals surface area contributed by atoms with E-state index in [1.807, 2.05) is 0 Å². The van der Waals surface area contributed by atoms with Crippen LogP contribution in [0.25, 0.3) is 0 Å². The van der Waals surface area contributed by atoms with E-state index < -0.39 is 11.9 Å². The molecule has 0 atom stereocenters. The average Bonchev–Trinajstić information content (AvgIpc) is 2.81. The molecular formula is C12H10F4N2S2. The molecule has 0 aliphatic rings. The Morgan fingerprint density at radius 2 is 1.85 bits per heavy atom. The van der Waals surface area contributed by atoms with E-state index in [9.17, 15) is 17.6 Å². The molecule has 0 aliphatic heterocycles. The highest BCUT2D eigenvalue weighted by molar-refractivity contribution is 7.98. The number of hydrogen-bond donors (Lipinski definition) is 1. The number of hydrogen-bond acceptors (Lipinski definition) is 4. The van der Waals surface area contributed by atoms with Crippen LogP contribution in [0.2, 0.25) is 0 Å². The maximum absolute atomic E-state index is 12.7. The predicted octanol–water partition coefficient (Wildman–Crippen LogP) is 4.05. The molecule has 2 rings (SSSR count). The summed E-state index contributed by atoms with van der Waals surface area (Å²) in [5.74, 6) is -0.0623. The lowest BCUT2D eigenvalue weighted by molar-refractivity contribution is -0.141. The Morgan fingerprint density at radius 3 is 2.35 bits per heavy atom. The van der Waals surface area contributed by atoms with Gasteiger partial charge in [-0.3, -0.25) is 0 Å². The number of rotatable bonds is 4. The minimum absolute atomic E-state index is 0.0345. The van der Waals surface area contributed by atoms with Gasteiger partial charge in [0.25, 0.3) is 0 Å². The molecule has 1 aromatic carbocycles. The number of nitrogens with two attached hydrogens (primary N) is 1. The number of thioether (sulfide) groups is 1. The van der Waals surface area contributed by atoms with Gasteiger partial charge in [-0.15, -0.1) is 23.1 Å². The van der Waals surface area contributed by atoms with Crippen LogP contribution in [0.15, 0.2) is 29.2 Å². The van der Waals surface area contributed by atoms with E-state index in [0.29, 0.717) is 10.8 Å². The van der Waals surface area contributed by atoms with Crippen LogP contribution in [0.1, 0.15) is 15.6 Å². The van der Waals surface area contributed by atoms with Crippen molar-refractivity contribution in [2.45, 2.75) is 23.4 Å².